The fourth-order valence-corrected chi connectivity index (χ4v) is 2.58. The van der Waals surface area contributed by atoms with Crippen LogP contribution in [0.15, 0.2) is 47.4 Å². The standard InChI is InChI=1S/C14H12FNO3S2/c1-21(17,18)10-5-2-4-9(8-10)19-12-7-3-6-11(15)13(12)14(16)20/h2-8H,1H3,(H2,16,20). The molecule has 0 radical (unpaired) electrons. The summed E-state index contributed by atoms with van der Waals surface area (Å²) in [6, 6.07) is 10.1. The molecule has 7 heteroatoms. The summed E-state index contributed by atoms with van der Waals surface area (Å²) in [4.78, 5) is -0.0318. The minimum atomic E-state index is -3.36. The molecular formula is C14H12FNO3S2. The second kappa shape index (κ2) is 5.79. The van der Waals surface area contributed by atoms with Crippen LogP contribution in [0.5, 0.6) is 11.5 Å². The highest BCUT2D eigenvalue weighted by Gasteiger charge is 2.14. The summed E-state index contributed by atoms with van der Waals surface area (Å²) in [7, 11) is -3.36. The Balaban J connectivity index is 2.44. The quantitative estimate of drug-likeness (QED) is 0.875. The number of nitrogens with two attached hydrogens (primary N) is 1. The molecule has 0 saturated carbocycles. The van der Waals surface area contributed by atoms with Gasteiger partial charge < -0.3 is 10.5 Å². The van der Waals surface area contributed by atoms with Gasteiger partial charge in [0.25, 0.3) is 0 Å². The van der Waals surface area contributed by atoms with Crippen molar-refractivity contribution in [1.29, 1.82) is 0 Å². The molecule has 4 nitrogen and oxygen atoms in total. The van der Waals surface area contributed by atoms with Gasteiger partial charge in [-0.25, -0.2) is 12.8 Å². The van der Waals surface area contributed by atoms with E-state index in [2.05, 4.69) is 0 Å². The lowest BCUT2D eigenvalue weighted by molar-refractivity contribution is 0.473. The molecule has 0 amide bonds. The number of halogens is 1. The van der Waals surface area contributed by atoms with Crippen LogP contribution < -0.4 is 10.5 Å². The lowest BCUT2D eigenvalue weighted by atomic mass is 10.2. The maximum atomic E-state index is 13.7. The van der Waals surface area contributed by atoms with Crippen molar-refractivity contribution in [3.05, 3.63) is 53.8 Å². The van der Waals surface area contributed by atoms with Gasteiger partial charge in [-0.05, 0) is 30.3 Å². The molecule has 0 aliphatic carbocycles. The third-order valence-electron chi connectivity index (χ3n) is 2.68. The maximum absolute atomic E-state index is 13.7. The van der Waals surface area contributed by atoms with E-state index in [0.29, 0.717) is 0 Å². The molecule has 2 aromatic carbocycles. The van der Waals surface area contributed by atoms with Crippen LogP contribution in [0.1, 0.15) is 5.56 Å². The van der Waals surface area contributed by atoms with Crippen molar-refractivity contribution >= 4 is 27.0 Å². The molecule has 2 N–H and O–H groups in total. The molecule has 0 bridgehead atoms. The highest BCUT2D eigenvalue weighted by molar-refractivity contribution is 7.90. The fourth-order valence-electron chi connectivity index (χ4n) is 1.72. The average Bonchev–Trinajstić information content (AvgIpc) is 2.37. The van der Waals surface area contributed by atoms with Crippen molar-refractivity contribution in [2.45, 2.75) is 4.90 Å². The van der Waals surface area contributed by atoms with Crippen LogP contribution in [-0.4, -0.2) is 19.7 Å². The number of hydrogen-bond donors (Lipinski definition) is 1. The van der Waals surface area contributed by atoms with Gasteiger partial charge in [0.05, 0.1) is 10.5 Å². The maximum Gasteiger partial charge on any atom is 0.175 e. The Hall–Kier alpha value is -1.99. The average molecular weight is 325 g/mol. The van der Waals surface area contributed by atoms with Gasteiger partial charge in [-0.2, -0.15) is 0 Å². The predicted molar refractivity (Wildman–Crippen MR) is 81.9 cm³/mol. The summed E-state index contributed by atoms with van der Waals surface area (Å²) >= 11 is 4.80. The largest absolute Gasteiger partial charge is 0.456 e. The molecular weight excluding hydrogens is 313 g/mol. The molecule has 0 aliphatic heterocycles. The van der Waals surface area contributed by atoms with Crippen molar-refractivity contribution in [2.75, 3.05) is 6.26 Å². The van der Waals surface area contributed by atoms with E-state index in [1.54, 1.807) is 6.07 Å². The summed E-state index contributed by atoms with van der Waals surface area (Å²) in [6.45, 7) is 0. The minimum absolute atomic E-state index is 0.0164. The van der Waals surface area contributed by atoms with E-state index in [9.17, 15) is 12.8 Å². The Labute approximate surface area is 127 Å². The molecule has 2 aromatic rings. The number of thiocarbonyl (C=S) groups is 1. The number of rotatable bonds is 4. The van der Waals surface area contributed by atoms with Gasteiger partial charge >= 0.3 is 0 Å². The summed E-state index contributed by atoms with van der Waals surface area (Å²) in [6.07, 6.45) is 1.09. The van der Waals surface area contributed by atoms with Gasteiger partial charge in [-0.15, -0.1) is 0 Å². The monoisotopic (exact) mass is 325 g/mol. The number of sulfone groups is 1. The van der Waals surface area contributed by atoms with Gasteiger partial charge in [0.1, 0.15) is 22.3 Å². The predicted octanol–water partition coefficient (Wildman–Crippen LogP) is 2.66. The molecule has 110 valence electrons. The Bertz CT molecular complexity index is 804. The van der Waals surface area contributed by atoms with E-state index >= 15 is 0 Å². The first-order valence-corrected chi connectivity index (χ1v) is 8.15. The van der Waals surface area contributed by atoms with Crippen LogP contribution in [0.4, 0.5) is 4.39 Å². The van der Waals surface area contributed by atoms with Gasteiger partial charge in [-0.3, -0.25) is 0 Å². The molecule has 0 saturated heterocycles. The molecule has 2 rings (SSSR count). The van der Waals surface area contributed by atoms with E-state index in [0.717, 1.165) is 6.26 Å². The second-order valence-electron chi connectivity index (χ2n) is 4.33. The van der Waals surface area contributed by atoms with Crippen LogP contribution >= 0.6 is 12.2 Å². The molecule has 0 aliphatic rings. The van der Waals surface area contributed by atoms with Gasteiger partial charge in [0, 0.05) is 6.26 Å². The normalized spacial score (nSPS) is 11.1. The topological polar surface area (TPSA) is 69.4 Å². The lowest BCUT2D eigenvalue weighted by Crippen LogP contribution is -2.13. The second-order valence-corrected chi connectivity index (χ2v) is 6.78. The van der Waals surface area contributed by atoms with Crippen LogP contribution in [0.25, 0.3) is 0 Å². The SMILES string of the molecule is CS(=O)(=O)c1cccc(Oc2cccc(F)c2C(N)=S)c1. The third kappa shape index (κ3) is 3.56. The third-order valence-corrected chi connectivity index (χ3v) is 4.00. The zero-order valence-electron chi connectivity index (χ0n) is 11.0. The number of hydrogen-bond acceptors (Lipinski definition) is 4. The molecule has 0 atom stereocenters. The van der Waals surface area contributed by atoms with Crippen LogP contribution in [0.3, 0.4) is 0 Å². The molecule has 0 aromatic heterocycles. The Morgan fingerprint density at radius 2 is 1.90 bits per heavy atom. The van der Waals surface area contributed by atoms with Crippen LogP contribution in [0.2, 0.25) is 0 Å². The van der Waals surface area contributed by atoms with Gasteiger partial charge in [0.15, 0.2) is 9.84 Å². The zero-order chi connectivity index (χ0) is 15.6. The van der Waals surface area contributed by atoms with E-state index in [-0.39, 0.29) is 26.9 Å². The first-order chi connectivity index (χ1) is 9.79. The number of benzene rings is 2. The summed E-state index contributed by atoms with van der Waals surface area (Å²) in [5, 5.41) is 0. The van der Waals surface area contributed by atoms with E-state index in [4.69, 9.17) is 22.7 Å². The van der Waals surface area contributed by atoms with Gasteiger partial charge in [0.2, 0.25) is 0 Å². The van der Waals surface area contributed by atoms with Crippen molar-refractivity contribution < 1.29 is 17.5 Å². The van der Waals surface area contributed by atoms with Gasteiger partial charge in [-0.1, -0.05) is 24.4 Å². The van der Waals surface area contributed by atoms with E-state index in [1.807, 2.05) is 0 Å². The Morgan fingerprint density at radius 3 is 2.52 bits per heavy atom. The summed E-state index contributed by atoms with van der Waals surface area (Å²) < 4.78 is 42.3. The molecule has 0 spiro atoms. The summed E-state index contributed by atoms with van der Waals surface area (Å²) in [5.41, 5.74) is 5.47. The first-order valence-electron chi connectivity index (χ1n) is 5.85. The summed E-state index contributed by atoms with van der Waals surface area (Å²) in [5.74, 6) is -0.214. The minimum Gasteiger partial charge on any atom is -0.456 e. The molecule has 0 fully saturated rings. The Morgan fingerprint density at radius 1 is 1.24 bits per heavy atom. The van der Waals surface area contributed by atoms with E-state index in [1.165, 1.54) is 36.4 Å². The van der Waals surface area contributed by atoms with Crippen molar-refractivity contribution in [1.82, 2.24) is 0 Å². The molecule has 21 heavy (non-hydrogen) atoms. The lowest BCUT2D eigenvalue weighted by Gasteiger charge is -2.11. The van der Waals surface area contributed by atoms with Crippen LogP contribution in [-0.2, 0) is 9.84 Å². The van der Waals surface area contributed by atoms with Crippen molar-refractivity contribution in [3.63, 3.8) is 0 Å². The smallest absolute Gasteiger partial charge is 0.175 e. The van der Waals surface area contributed by atoms with E-state index < -0.39 is 15.7 Å². The highest BCUT2D eigenvalue weighted by Crippen LogP contribution is 2.28. The fraction of sp³-hybridized carbons (Fsp3) is 0.0714. The molecule has 0 heterocycles. The van der Waals surface area contributed by atoms with Crippen LogP contribution in [0, 0.1) is 5.82 Å². The van der Waals surface area contributed by atoms with Crippen molar-refractivity contribution in [2.24, 2.45) is 5.73 Å². The first kappa shape index (κ1) is 15.4. The highest BCUT2D eigenvalue weighted by atomic mass is 32.2. The zero-order valence-corrected chi connectivity index (χ0v) is 12.7. The Kier molecular flexibility index (Phi) is 4.24. The number of ether oxygens (including phenoxy) is 1. The van der Waals surface area contributed by atoms with Crippen molar-refractivity contribution in [3.8, 4) is 11.5 Å². The molecule has 0 unspecified atom stereocenters.